The summed E-state index contributed by atoms with van der Waals surface area (Å²) in [6, 6.07) is 13.9. The number of imidazole rings is 1. The van der Waals surface area contributed by atoms with Crippen molar-refractivity contribution in [3.8, 4) is 11.5 Å². The van der Waals surface area contributed by atoms with E-state index in [2.05, 4.69) is 10.3 Å². The maximum absolute atomic E-state index is 13.0. The molecule has 8 nitrogen and oxygen atoms in total. The first kappa shape index (κ1) is 19.5. The number of amides is 2. The quantitative estimate of drug-likeness (QED) is 0.671. The van der Waals surface area contributed by atoms with Crippen molar-refractivity contribution in [1.29, 1.82) is 0 Å². The number of carbonyl (C=O) groups is 2. The first-order chi connectivity index (χ1) is 14.6. The van der Waals surface area contributed by atoms with E-state index in [0.29, 0.717) is 36.2 Å². The van der Waals surface area contributed by atoms with E-state index in [4.69, 9.17) is 9.47 Å². The van der Waals surface area contributed by atoms with Gasteiger partial charge in [-0.15, -0.1) is 0 Å². The number of nitrogens with zero attached hydrogens (tertiary/aromatic N) is 3. The highest BCUT2D eigenvalue weighted by Gasteiger charge is 2.31. The summed E-state index contributed by atoms with van der Waals surface area (Å²) >= 11 is 0. The topological polar surface area (TPSA) is 85.7 Å². The second-order valence-corrected chi connectivity index (χ2v) is 6.85. The molecule has 4 rings (SSSR count). The standard InChI is InChI=1S/C22H22N4O4/c1-25-12-11-23-20(25)19(15-7-9-16(29-2)10-8-15)24-21(27)22(28)26-13-14-30-18-6-4-3-5-17(18)26/h3-12,19H,13-14H2,1-2H3,(H,24,27). The molecular weight excluding hydrogens is 384 g/mol. The maximum atomic E-state index is 13.0. The molecule has 0 radical (unpaired) electrons. The molecule has 0 saturated carbocycles. The van der Waals surface area contributed by atoms with Gasteiger partial charge in [-0.2, -0.15) is 0 Å². The Labute approximate surface area is 174 Å². The summed E-state index contributed by atoms with van der Waals surface area (Å²) in [5, 5.41) is 2.85. The third kappa shape index (κ3) is 3.71. The molecule has 154 valence electrons. The lowest BCUT2D eigenvalue weighted by Crippen LogP contribution is -2.47. The van der Waals surface area contributed by atoms with Crippen LogP contribution in [0, 0.1) is 0 Å². The van der Waals surface area contributed by atoms with E-state index in [1.54, 1.807) is 49.8 Å². The van der Waals surface area contributed by atoms with Crippen LogP contribution in [-0.4, -0.2) is 41.6 Å². The summed E-state index contributed by atoms with van der Waals surface area (Å²) in [6.45, 7) is 0.635. The van der Waals surface area contributed by atoms with Gasteiger partial charge in [0.25, 0.3) is 0 Å². The number of rotatable bonds is 4. The highest BCUT2D eigenvalue weighted by Crippen LogP contribution is 2.31. The summed E-state index contributed by atoms with van der Waals surface area (Å²) in [4.78, 5) is 31.8. The molecule has 2 heterocycles. The van der Waals surface area contributed by atoms with Crippen LogP contribution >= 0.6 is 0 Å². The van der Waals surface area contributed by atoms with Crippen LogP contribution in [0.25, 0.3) is 0 Å². The van der Waals surface area contributed by atoms with Crippen LogP contribution in [-0.2, 0) is 16.6 Å². The number of hydrogen-bond acceptors (Lipinski definition) is 5. The van der Waals surface area contributed by atoms with Crippen molar-refractivity contribution in [2.24, 2.45) is 7.05 Å². The number of ether oxygens (including phenoxy) is 2. The third-order valence-electron chi connectivity index (χ3n) is 5.01. The molecule has 2 aromatic carbocycles. The van der Waals surface area contributed by atoms with Gasteiger partial charge in [-0.3, -0.25) is 14.5 Å². The predicted molar refractivity (Wildman–Crippen MR) is 110 cm³/mol. The number of hydrogen-bond donors (Lipinski definition) is 1. The monoisotopic (exact) mass is 406 g/mol. The van der Waals surface area contributed by atoms with Crippen LogP contribution in [0.15, 0.2) is 60.9 Å². The zero-order valence-electron chi connectivity index (χ0n) is 16.7. The second kappa shape index (κ2) is 8.28. The molecule has 1 atom stereocenters. The Morgan fingerprint density at radius 2 is 1.93 bits per heavy atom. The van der Waals surface area contributed by atoms with Crippen LogP contribution in [0.5, 0.6) is 11.5 Å². The van der Waals surface area contributed by atoms with Gasteiger partial charge in [0.05, 0.1) is 19.3 Å². The molecule has 0 spiro atoms. The number of methoxy groups -OCH3 is 1. The minimum absolute atomic E-state index is 0.304. The van der Waals surface area contributed by atoms with Crippen molar-refractivity contribution >= 4 is 17.5 Å². The van der Waals surface area contributed by atoms with Crippen LogP contribution in [0.2, 0.25) is 0 Å². The largest absolute Gasteiger partial charge is 0.497 e. The van der Waals surface area contributed by atoms with Gasteiger partial charge in [0.2, 0.25) is 0 Å². The Hall–Kier alpha value is -3.81. The van der Waals surface area contributed by atoms with Crippen molar-refractivity contribution in [2.75, 3.05) is 25.2 Å². The number of carbonyl (C=O) groups excluding carboxylic acids is 2. The maximum Gasteiger partial charge on any atom is 0.316 e. The third-order valence-corrected chi connectivity index (χ3v) is 5.01. The first-order valence-electron chi connectivity index (χ1n) is 9.54. The highest BCUT2D eigenvalue weighted by molar-refractivity contribution is 6.40. The molecule has 3 aromatic rings. The molecule has 1 aromatic heterocycles. The molecule has 0 saturated heterocycles. The normalized spacial score (nSPS) is 13.7. The van der Waals surface area contributed by atoms with Gasteiger partial charge in [0, 0.05) is 19.4 Å². The van der Waals surface area contributed by atoms with Crippen molar-refractivity contribution in [3.05, 3.63) is 72.3 Å². The van der Waals surface area contributed by atoms with Gasteiger partial charge in [-0.05, 0) is 29.8 Å². The number of nitrogens with one attached hydrogen (secondary N) is 1. The van der Waals surface area contributed by atoms with Gasteiger partial charge < -0.3 is 19.4 Å². The zero-order chi connectivity index (χ0) is 21.1. The van der Waals surface area contributed by atoms with E-state index in [1.807, 2.05) is 29.8 Å². The number of benzene rings is 2. The van der Waals surface area contributed by atoms with Crippen molar-refractivity contribution in [3.63, 3.8) is 0 Å². The molecular formula is C22H22N4O4. The average molecular weight is 406 g/mol. The SMILES string of the molecule is COc1ccc(C(NC(=O)C(=O)N2CCOc3ccccc32)c2nccn2C)cc1. The molecule has 1 aliphatic rings. The molecule has 1 N–H and O–H groups in total. The number of para-hydroxylation sites is 2. The second-order valence-electron chi connectivity index (χ2n) is 6.85. The lowest BCUT2D eigenvalue weighted by Gasteiger charge is -2.29. The van der Waals surface area contributed by atoms with E-state index >= 15 is 0 Å². The van der Waals surface area contributed by atoms with E-state index in [1.165, 1.54) is 4.90 Å². The number of aryl methyl sites for hydroxylation is 1. The minimum atomic E-state index is -0.712. The fraction of sp³-hybridized carbons (Fsp3) is 0.227. The molecule has 0 aliphatic carbocycles. The van der Waals surface area contributed by atoms with E-state index in [0.717, 1.165) is 5.56 Å². The summed E-state index contributed by atoms with van der Waals surface area (Å²) in [6.07, 6.45) is 3.44. The smallest absolute Gasteiger partial charge is 0.316 e. The van der Waals surface area contributed by atoms with E-state index in [-0.39, 0.29) is 0 Å². The summed E-state index contributed by atoms with van der Waals surface area (Å²) in [5.74, 6) is 0.544. The van der Waals surface area contributed by atoms with Crippen molar-refractivity contribution in [2.45, 2.75) is 6.04 Å². The van der Waals surface area contributed by atoms with E-state index < -0.39 is 17.9 Å². The summed E-state index contributed by atoms with van der Waals surface area (Å²) < 4.78 is 12.6. The molecule has 2 amide bonds. The minimum Gasteiger partial charge on any atom is -0.497 e. The van der Waals surface area contributed by atoms with Crippen LogP contribution < -0.4 is 19.7 Å². The molecule has 0 bridgehead atoms. The number of aromatic nitrogens is 2. The Bertz CT molecular complexity index is 1060. The lowest BCUT2D eigenvalue weighted by atomic mass is 10.1. The van der Waals surface area contributed by atoms with Gasteiger partial charge in [-0.25, -0.2) is 4.98 Å². The molecule has 30 heavy (non-hydrogen) atoms. The zero-order valence-corrected chi connectivity index (χ0v) is 16.7. The van der Waals surface area contributed by atoms with Crippen LogP contribution in [0.4, 0.5) is 5.69 Å². The van der Waals surface area contributed by atoms with Gasteiger partial charge in [-0.1, -0.05) is 24.3 Å². The Kier molecular flexibility index (Phi) is 5.38. The van der Waals surface area contributed by atoms with Crippen molar-refractivity contribution < 1.29 is 19.1 Å². The predicted octanol–water partition coefficient (Wildman–Crippen LogP) is 2.06. The molecule has 1 aliphatic heterocycles. The average Bonchev–Trinajstić information content (AvgIpc) is 3.22. The fourth-order valence-electron chi connectivity index (χ4n) is 3.44. The fourth-order valence-corrected chi connectivity index (χ4v) is 3.44. The summed E-state index contributed by atoms with van der Waals surface area (Å²) in [7, 11) is 3.43. The highest BCUT2D eigenvalue weighted by atomic mass is 16.5. The van der Waals surface area contributed by atoms with Crippen molar-refractivity contribution in [1.82, 2.24) is 14.9 Å². The lowest BCUT2D eigenvalue weighted by molar-refractivity contribution is -0.138. The summed E-state index contributed by atoms with van der Waals surface area (Å²) in [5.41, 5.74) is 1.37. The number of fused-ring (bicyclic) bond motifs is 1. The van der Waals surface area contributed by atoms with Gasteiger partial charge in [0.15, 0.2) is 0 Å². The van der Waals surface area contributed by atoms with Gasteiger partial charge >= 0.3 is 11.8 Å². The van der Waals surface area contributed by atoms with E-state index in [9.17, 15) is 9.59 Å². The molecule has 8 heteroatoms. The first-order valence-corrected chi connectivity index (χ1v) is 9.54. The Morgan fingerprint density at radius 1 is 1.17 bits per heavy atom. The Morgan fingerprint density at radius 3 is 2.63 bits per heavy atom. The number of anilines is 1. The van der Waals surface area contributed by atoms with Gasteiger partial charge in [0.1, 0.15) is 30.0 Å². The molecule has 0 fully saturated rings. The molecule has 1 unspecified atom stereocenters. The van der Waals surface area contributed by atoms with Crippen LogP contribution in [0.3, 0.4) is 0 Å². The van der Waals surface area contributed by atoms with Crippen LogP contribution in [0.1, 0.15) is 17.4 Å². The Balaban J connectivity index is 1.61.